The van der Waals surface area contributed by atoms with Crippen molar-refractivity contribution in [1.82, 2.24) is 23.7 Å². The summed E-state index contributed by atoms with van der Waals surface area (Å²) in [4.78, 5) is 25.0. The molecular weight excluding hydrogens is 430 g/mol. The summed E-state index contributed by atoms with van der Waals surface area (Å²) in [7, 11) is -3.69. The number of aryl methyl sites for hydroxylation is 2. The van der Waals surface area contributed by atoms with Gasteiger partial charge in [0.1, 0.15) is 17.4 Å². The summed E-state index contributed by atoms with van der Waals surface area (Å²) in [5.74, 6) is 1.26. The zero-order valence-corrected chi connectivity index (χ0v) is 20.1. The van der Waals surface area contributed by atoms with Crippen LogP contribution in [0.4, 0.5) is 0 Å². The number of aromatic nitrogens is 4. The van der Waals surface area contributed by atoms with E-state index in [4.69, 9.17) is 4.74 Å². The zero-order chi connectivity index (χ0) is 23.5. The number of sulfonamides is 1. The van der Waals surface area contributed by atoms with Gasteiger partial charge in [-0.3, -0.25) is 4.98 Å². The number of fused-ring (bicyclic) bond motifs is 1. The highest BCUT2D eigenvalue weighted by molar-refractivity contribution is 7.89. The number of unbranched alkanes of at least 4 members (excludes halogenated alkanes) is 1. The summed E-state index contributed by atoms with van der Waals surface area (Å²) in [6, 6.07) is 4.65. The van der Waals surface area contributed by atoms with Crippen molar-refractivity contribution in [1.29, 1.82) is 0 Å². The predicted octanol–water partition coefficient (Wildman–Crippen LogP) is 3.16. The van der Waals surface area contributed by atoms with Crippen molar-refractivity contribution < 1.29 is 13.2 Å². The fourth-order valence-corrected chi connectivity index (χ4v) is 5.20. The molecule has 0 saturated heterocycles. The van der Waals surface area contributed by atoms with E-state index in [1.165, 1.54) is 20.8 Å². The zero-order valence-electron chi connectivity index (χ0n) is 19.3. The number of H-pyrrole nitrogens is 1. The fourth-order valence-electron chi connectivity index (χ4n) is 3.71. The summed E-state index contributed by atoms with van der Waals surface area (Å²) in [5, 5.41) is 0. The topological polar surface area (TPSA) is 110 Å². The molecule has 0 aliphatic heterocycles. The SMILES string of the molecule is CCCCc1nc(C)n2c(=O)[nH]c(-c3cc(S(=O)(=O)N(CC)CC)ccc3OCC)nc12. The Hall–Kier alpha value is -2.72. The van der Waals surface area contributed by atoms with E-state index in [9.17, 15) is 13.2 Å². The maximum atomic E-state index is 13.1. The van der Waals surface area contributed by atoms with Gasteiger partial charge in [-0.05, 0) is 44.9 Å². The maximum Gasteiger partial charge on any atom is 0.334 e. The van der Waals surface area contributed by atoms with Crippen LogP contribution >= 0.6 is 0 Å². The van der Waals surface area contributed by atoms with E-state index in [2.05, 4.69) is 21.9 Å². The third kappa shape index (κ3) is 4.42. The minimum absolute atomic E-state index is 0.123. The predicted molar refractivity (Wildman–Crippen MR) is 124 cm³/mol. The molecule has 1 aromatic carbocycles. The highest BCUT2D eigenvalue weighted by Gasteiger charge is 2.24. The number of nitrogens with zero attached hydrogens (tertiary/aromatic N) is 4. The van der Waals surface area contributed by atoms with Gasteiger partial charge in [0, 0.05) is 13.1 Å². The second-order valence-electron chi connectivity index (χ2n) is 7.44. The normalized spacial score (nSPS) is 12.1. The summed E-state index contributed by atoms with van der Waals surface area (Å²) >= 11 is 0. The molecule has 174 valence electrons. The minimum Gasteiger partial charge on any atom is -0.493 e. The highest BCUT2D eigenvalue weighted by Crippen LogP contribution is 2.31. The molecule has 0 aliphatic rings. The van der Waals surface area contributed by atoms with Gasteiger partial charge >= 0.3 is 5.69 Å². The smallest absolute Gasteiger partial charge is 0.334 e. The van der Waals surface area contributed by atoms with Crippen molar-refractivity contribution in [2.75, 3.05) is 19.7 Å². The second kappa shape index (κ2) is 9.83. The molecule has 3 aromatic rings. The number of hydrogen-bond acceptors (Lipinski definition) is 6. The van der Waals surface area contributed by atoms with Gasteiger partial charge in [0.15, 0.2) is 5.65 Å². The molecular formula is C22H31N5O4S. The Bertz CT molecular complexity index is 1260. The molecule has 3 rings (SSSR count). The number of aromatic amines is 1. The quantitative estimate of drug-likeness (QED) is 0.497. The summed E-state index contributed by atoms with van der Waals surface area (Å²) in [6.07, 6.45) is 2.63. The molecule has 0 bridgehead atoms. The van der Waals surface area contributed by atoms with Crippen molar-refractivity contribution in [2.45, 2.75) is 58.8 Å². The van der Waals surface area contributed by atoms with Crippen LogP contribution in [0.25, 0.3) is 17.0 Å². The molecule has 9 nitrogen and oxygen atoms in total. The van der Waals surface area contributed by atoms with Gasteiger partial charge in [-0.1, -0.05) is 27.2 Å². The second-order valence-corrected chi connectivity index (χ2v) is 9.38. The number of benzene rings is 1. The van der Waals surface area contributed by atoms with Gasteiger partial charge in [0.2, 0.25) is 10.0 Å². The van der Waals surface area contributed by atoms with E-state index in [-0.39, 0.29) is 16.4 Å². The Morgan fingerprint density at radius 2 is 1.84 bits per heavy atom. The summed E-state index contributed by atoms with van der Waals surface area (Å²) < 4.78 is 34.7. The lowest BCUT2D eigenvalue weighted by atomic mass is 10.2. The molecule has 2 heterocycles. The lowest BCUT2D eigenvalue weighted by Gasteiger charge is -2.19. The average molecular weight is 462 g/mol. The van der Waals surface area contributed by atoms with Crippen molar-refractivity contribution >= 4 is 15.7 Å². The molecule has 0 aliphatic carbocycles. The van der Waals surface area contributed by atoms with Crippen molar-refractivity contribution in [3.63, 3.8) is 0 Å². The summed E-state index contributed by atoms with van der Waals surface area (Å²) in [5.41, 5.74) is 1.27. The Labute approximate surface area is 188 Å². The number of ether oxygens (including phenoxy) is 1. The molecule has 2 aromatic heterocycles. The Morgan fingerprint density at radius 1 is 1.12 bits per heavy atom. The minimum atomic E-state index is -3.69. The number of rotatable bonds is 10. The van der Waals surface area contributed by atoms with E-state index in [1.807, 2.05) is 6.92 Å². The summed E-state index contributed by atoms with van der Waals surface area (Å²) in [6.45, 7) is 10.4. The monoisotopic (exact) mass is 461 g/mol. The first-order chi connectivity index (χ1) is 15.3. The molecule has 0 unspecified atom stereocenters. The Kier molecular flexibility index (Phi) is 7.35. The number of nitrogens with one attached hydrogen (secondary N) is 1. The molecule has 32 heavy (non-hydrogen) atoms. The van der Waals surface area contributed by atoms with Gasteiger partial charge in [-0.2, -0.15) is 4.31 Å². The van der Waals surface area contributed by atoms with Gasteiger partial charge in [-0.25, -0.2) is 27.6 Å². The number of imidazole rings is 1. The largest absolute Gasteiger partial charge is 0.493 e. The number of hydrogen-bond donors (Lipinski definition) is 1. The van der Waals surface area contributed by atoms with Crippen molar-refractivity contribution in [3.8, 4) is 17.1 Å². The first kappa shape index (κ1) is 23.9. The van der Waals surface area contributed by atoms with E-state index in [1.54, 1.807) is 26.8 Å². The van der Waals surface area contributed by atoms with Crippen LogP contribution in [0.1, 0.15) is 52.1 Å². The van der Waals surface area contributed by atoms with Gasteiger partial charge in [-0.15, -0.1) is 0 Å². The van der Waals surface area contributed by atoms with Gasteiger partial charge in [0.25, 0.3) is 0 Å². The molecule has 0 spiro atoms. The van der Waals surface area contributed by atoms with Crippen LogP contribution in [0.5, 0.6) is 5.75 Å². The highest BCUT2D eigenvalue weighted by atomic mass is 32.2. The first-order valence-corrected chi connectivity index (χ1v) is 12.5. The van der Waals surface area contributed by atoms with E-state index in [0.29, 0.717) is 48.9 Å². The average Bonchev–Trinajstić information content (AvgIpc) is 3.09. The fraction of sp³-hybridized carbons (Fsp3) is 0.500. The van der Waals surface area contributed by atoms with Crippen LogP contribution in [-0.4, -0.2) is 51.8 Å². The van der Waals surface area contributed by atoms with E-state index >= 15 is 0 Å². The van der Waals surface area contributed by atoms with E-state index in [0.717, 1.165) is 18.5 Å². The molecule has 0 amide bonds. The lowest BCUT2D eigenvalue weighted by Crippen LogP contribution is -2.30. The van der Waals surface area contributed by atoms with Crippen LogP contribution in [-0.2, 0) is 16.4 Å². The Balaban J connectivity index is 2.24. The van der Waals surface area contributed by atoms with Crippen LogP contribution in [0.2, 0.25) is 0 Å². The van der Waals surface area contributed by atoms with Crippen LogP contribution < -0.4 is 10.4 Å². The van der Waals surface area contributed by atoms with E-state index < -0.39 is 10.0 Å². The van der Waals surface area contributed by atoms with Gasteiger partial charge in [0.05, 0.1) is 22.8 Å². The van der Waals surface area contributed by atoms with Crippen LogP contribution in [0.3, 0.4) is 0 Å². The molecule has 1 N–H and O–H groups in total. The third-order valence-corrected chi connectivity index (χ3v) is 7.40. The molecule has 0 atom stereocenters. The van der Waals surface area contributed by atoms with Crippen LogP contribution in [0.15, 0.2) is 27.9 Å². The van der Waals surface area contributed by atoms with Crippen molar-refractivity contribution in [3.05, 3.63) is 40.2 Å². The third-order valence-electron chi connectivity index (χ3n) is 5.35. The standard InChI is InChI=1S/C22H31N5O4S/c1-6-10-11-18-21-24-20(25-22(28)27(21)15(5)23-18)17-14-16(12-13-19(17)31-9-4)32(29,30)26(7-2)8-3/h12-14H,6-11H2,1-5H3,(H,24,25,28). The van der Waals surface area contributed by atoms with Crippen LogP contribution in [0, 0.1) is 6.92 Å². The van der Waals surface area contributed by atoms with Gasteiger partial charge < -0.3 is 4.74 Å². The lowest BCUT2D eigenvalue weighted by molar-refractivity contribution is 0.341. The first-order valence-electron chi connectivity index (χ1n) is 11.0. The molecule has 0 saturated carbocycles. The molecule has 0 radical (unpaired) electrons. The molecule has 10 heteroatoms. The molecule has 0 fully saturated rings. The maximum absolute atomic E-state index is 13.1. The van der Waals surface area contributed by atoms with Crippen molar-refractivity contribution in [2.24, 2.45) is 0 Å². The Morgan fingerprint density at radius 3 is 2.47 bits per heavy atom.